The number of rotatable bonds is 9. The summed E-state index contributed by atoms with van der Waals surface area (Å²) in [4.78, 5) is 45.9. The number of ketones is 1. The predicted molar refractivity (Wildman–Crippen MR) is 143 cm³/mol. The number of hydrogen-bond donors (Lipinski definition) is 1. The summed E-state index contributed by atoms with van der Waals surface area (Å²) in [6.07, 6.45) is -0.833. The number of nitrogens with two attached hydrogens (primary N) is 1. The van der Waals surface area contributed by atoms with Gasteiger partial charge in [0.2, 0.25) is 11.8 Å². The van der Waals surface area contributed by atoms with Crippen molar-refractivity contribution in [2.24, 2.45) is 11.1 Å². The zero-order valence-electron chi connectivity index (χ0n) is 23.3. The van der Waals surface area contributed by atoms with Crippen LogP contribution in [0.5, 0.6) is 0 Å². The highest BCUT2D eigenvalue weighted by molar-refractivity contribution is 5.99. The number of piperazine rings is 1. The smallest absolute Gasteiger partial charge is 0.249 e. The van der Waals surface area contributed by atoms with Crippen molar-refractivity contribution in [1.29, 1.82) is 0 Å². The number of amides is 2. The van der Waals surface area contributed by atoms with Gasteiger partial charge in [-0.15, -0.1) is 0 Å². The Labute approximate surface area is 225 Å². The quantitative estimate of drug-likeness (QED) is 0.508. The number of carbonyl (C=O) groups is 3. The zero-order chi connectivity index (χ0) is 27.6. The first kappa shape index (κ1) is 28.5. The summed E-state index contributed by atoms with van der Waals surface area (Å²) >= 11 is 0. The van der Waals surface area contributed by atoms with Gasteiger partial charge >= 0.3 is 0 Å². The molecule has 38 heavy (non-hydrogen) atoms. The number of fused-ring (bicyclic) bond motifs is 1. The number of Topliss-reactive ketones (excluding diaryl/α,β-unsaturated/α-hetero) is 1. The van der Waals surface area contributed by atoms with Crippen LogP contribution in [0, 0.1) is 5.41 Å². The van der Waals surface area contributed by atoms with Crippen LogP contribution in [0.4, 0.5) is 5.69 Å². The van der Waals surface area contributed by atoms with Crippen LogP contribution in [0.3, 0.4) is 0 Å². The predicted octanol–water partition coefficient (Wildman–Crippen LogP) is 1.27. The molecule has 210 valence electrons. The van der Waals surface area contributed by atoms with Crippen molar-refractivity contribution >= 4 is 23.3 Å². The minimum atomic E-state index is -0.692. The van der Waals surface area contributed by atoms with E-state index in [0.717, 1.165) is 38.4 Å². The molecule has 1 aromatic carbocycles. The zero-order valence-corrected chi connectivity index (χ0v) is 23.3. The van der Waals surface area contributed by atoms with Gasteiger partial charge in [0.15, 0.2) is 5.78 Å². The van der Waals surface area contributed by atoms with E-state index in [2.05, 4.69) is 9.80 Å². The summed E-state index contributed by atoms with van der Waals surface area (Å²) in [5.41, 5.74) is 7.14. The van der Waals surface area contributed by atoms with Crippen molar-refractivity contribution in [3.05, 3.63) is 29.3 Å². The summed E-state index contributed by atoms with van der Waals surface area (Å²) in [6, 6.07) is 4.91. The molecule has 4 rings (SSSR count). The fraction of sp³-hybridized carbons (Fsp3) is 0.679. The van der Waals surface area contributed by atoms with Crippen LogP contribution in [-0.2, 0) is 23.8 Å². The first-order valence-corrected chi connectivity index (χ1v) is 13.5. The van der Waals surface area contributed by atoms with Crippen molar-refractivity contribution < 1.29 is 28.6 Å². The van der Waals surface area contributed by atoms with Gasteiger partial charge in [-0.2, -0.15) is 0 Å². The number of ether oxygens (including phenoxy) is 3. The van der Waals surface area contributed by atoms with E-state index in [1.807, 2.05) is 39.8 Å². The van der Waals surface area contributed by atoms with E-state index in [0.29, 0.717) is 24.3 Å². The maximum atomic E-state index is 14.3. The molecule has 10 nitrogen and oxygen atoms in total. The van der Waals surface area contributed by atoms with E-state index in [4.69, 9.17) is 19.9 Å². The van der Waals surface area contributed by atoms with E-state index < -0.39 is 29.4 Å². The Morgan fingerprint density at radius 1 is 1.18 bits per heavy atom. The molecule has 2 N–H and O–H groups in total. The van der Waals surface area contributed by atoms with Crippen molar-refractivity contribution in [3.63, 3.8) is 0 Å². The molecule has 0 radical (unpaired) electrons. The van der Waals surface area contributed by atoms with Gasteiger partial charge in [-0.1, -0.05) is 20.8 Å². The molecule has 0 saturated carbocycles. The van der Waals surface area contributed by atoms with Crippen LogP contribution >= 0.6 is 0 Å². The van der Waals surface area contributed by atoms with Gasteiger partial charge in [0, 0.05) is 57.7 Å². The van der Waals surface area contributed by atoms with Gasteiger partial charge in [-0.05, 0) is 36.1 Å². The molecule has 3 fully saturated rings. The van der Waals surface area contributed by atoms with Gasteiger partial charge in [-0.3, -0.25) is 19.3 Å². The number of primary amides is 1. The molecule has 0 aliphatic carbocycles. The van der Waals surface area contributed by atoms with Gasteiger partial charge < -0.3 is 29.7 Å². The molecule has 2 amide bonds. The van der Waals surface area contributed by atoms with E-state index >= 15 is 0 Å². The van der Waals surface area contributed by atoms with Crippen LogP contribution in [0.2, 0.25) is 0 Å². The number of anilines is 1. The lowest BCUT2D eigenvalue weighted by atomic mass is 9.73. The highest BCUT2D eigenvalue weighted by Crippen LogP contribution is 2.42. The minimum absolute atomic E-state index is 0.0265. The maximum Gasteiger partial charge on any atom is 0.249 e. The molecule has 3 saturated heterocycles. The second kappa shape index (κ2) is 11.7. The number of benzene rings is 1. The Hall–Kier alpha value is -2.53. The van der Waals surface area contributed by atoms with E-state index in [1.165, 1.54) is 0 Å². The summed E-state index contributed by atoms with van der Waals surface area (Å²) < 4.78 is 16.8. The van der Waals surface area contributed by atoms with E-state index in [1.54, 1.807) is 18.1 Å². The van der Waals surface area contributed by atoms with Crippen LogP contribution in [0.25, 0.3) is 0 Å². The molecule has 3 heterocycles. The van der Waals surface area contributed by atoms with E-state index in [-0.39, 0.29) is 30.9 Å². The van der Waals surface area contributed by atoms with Crippen LogP contribution in [-0.4, -0.2) is 112 Å². The van der Waals surface area contributed by atoms with Crippen molar-refractivity contribution in [2.75, 3.05) is 71.1 Å². The fourth-order valence-corrected chi connectivity index (χ4v) is 6.00. The second-order valence-corrected chi connectivity index (χ2v) is 11.4. The Morgan fingerprint density at radius 3 is 2.50 bits per heavy atom. The van der Waals surface area contributed by atoms with Crippen molar-refractivity contribution in [3.8, 4) is 0 Å². The molecular weight excluding hydrogens is 488 g/mol. The lowest BCUT2D eigenvalue weighted by molar-refractivity contribution is -0.140. The van der Waals surface area contributed by atoms with Crippen LogP contribution in [0.15, 0.2) is 18.2 Å². The average Bonchev–Trinajstić information content (AvgIpc) is 3.43. The standard InChI is InChI=1S/C28H42N4O6/c1-6-37-22-16-32(24-21(33)17-38-25(22)24)27(35)23(28(2,3)4)20-15-18(7-8-19(20)26(29)34)31-11-9-30(10-12-31)13-14-36-5/h7-8,15,22-25H,6,9-14,16-17H2,1-5H3,(H2,29,34)/t22-,23-,24+,25+/m0/s1. The number of nitrogens with zero attached hydrogens (tertiary/aromatic N) is 3. The fourth-order valence-electron chi connectivity index (χ4n) is 6.00. The number of likely N-dealkylation sites (tertiary alicyclic amines) is 1. The molecule has 0 spiro atoms. The van der Waals surface area contributed by atoms with Crippen LogP contribution in [0.1, 0.15) is 49.5 Å². The number of methoxy groups -OCH3 is 1. The van der Waals surface area contributed by atoms with Crippen LogP contribution < -0.4 is 10.6 Å². The molecule has 3 aliphatic rings. The number of carbonyl (C=O) groups excluding carboxylic acids is 3. The first-order valence-electron chi connectivity index (χ1n) is 13.5. The van der Waals surface area contributed by atoms with Crippen molar-refractivity contribution in [2.45, 2.75) is 51.9 Å². The number of hydrogen-bond acceptors (Lipinski definition) is 8. The Kier molecular flexibility index (Phi) is 8.76. The highest BCUT2D eigenvalue weighted by Gasteiger charge is 2.54. The summed E-state index contributed by atoms with van der Waals surface area (Å²) in [5.74, 6) is -1.60. The third-order valence-corrected chi connectivity index (χ3v) is 7.88. The largest absolute Gasteiger partial charge is 0.383 e. The molecule has 0 aromatic heterocycles. The molecule has 4 atom stereocenters. The van der Waals surface area contributed by atoms with Crippen molar-refractivity contribution in [1.82, 2.24) is 9.80 Å². The molecule has 0 unspecified atom stereocenters. The molecule has 0 bridgehead atoms. The molecule has 1 aromatic rings. The molecule has 10 heteroatoms. The van der Waals surface area contributed by atoms with E-state index in [9.17, 15) is 14.4 Å². The normalized spacial score (nSPS) is 25.1. The van der Waals surface area contributed by atoms with Gasteiger partial charge in [-0.25, -0.2) is 0 Å². The SMILES string of the molecule is CCO[C@H]1CN(C(=O)[C@H](c2cc(N3CCN(CCOC)CC3)ccc2C(N)=O)C(C)(C)C)[C@@H]2C(=O)CO[C@H]12. The topological polar surface area (TPSA) is 115 Å². The minimum Gasteiger partial charge on any atom is -0.383 e. The highest BCUT2D eigenvalue weighted by atomic mass is 16.6. The Bertz CT molecular complexity index is 1030. The molecular formula is C28H42N4O6. The third kappa shape index (κ3) is 5.73. The Morgan fingerprint density at radius 2 is 1.89 bits per heavy atom. The Balaban J connectivity index is 1.66. The maximum absolute atomic E-state index is 14.3. The summed E-state index contributed by atoms with van der Waals surface area (Å²) in [7, 11) is 1.71. The summed E-state index contributed by atoms with van der Waals surface area (Å²) in [6.45, 7) is 13.5. The molecule has 3 aliphatic heterocycles. The van der Waals surface area contributed by atoms with Gasteiger partial charge in [0.05, 0.1) is 19.1 Å². The van der Waals surface area contributed by atoms with Gasteiger partial charge in [0.25, 0.3) is 0 Å². The third-order valence-electron chi connectivity index (χ3n) is 7.88. The monoisotopic (exact) mass is 530 g/mol. The lowest BCUT2D eigenvalue weighted by Crippen LogP contribution is -2.48. The summed E-state index contributed by atoms with van der Waals surface area (Å²) in [5, 5.41) is 0. The average molecular weight is 531 g/mol. The van der Waals surface area contributed by atoms with Gasteiger partial charge in [0.1, 0.15) is 24.9 Å². The second-order valence-electron chi connectivity index (χ2n) is 11.4. The first-order chi connectivity index (χ1) is 18.1. The lowest BCUT2D eigenvalue weighted by Gasteiger charge is -2.38.